The number of hydrogen-bond donors (Lipinski definition) is 0. The highest BCUT2D eigenvalue weighted by Gasteiger charge is 2.17. The first-order valence-electron chi connectivity index (χ1n) is 5.69. The minimum atomic E-state index is -0.473. The van der Waals surface area contributed by atoms with Gasteiger partial charge in [0, 0.05) is 32.6 Å². The van der Waals surface area contributed by atoms with E-state index >= 15 is 0 Å². The monoisotopic (exact) mass is 397 g/mol. The lowest BCUT2D eigenvalue weighted by Crippen LogP contribution is -2.06. The molecule has 0 amide bonds. The maximum Gasteiger partial charge on any atom is 0.273 e. The average molecular weight is 399 g/mol. The van der Waals surface area contributed by atoms with Crippen LogP contribution in [-0.4, -0.2) is 10.7 Å². The van der Waals surface area contributed by atoms with Gasteiger partial charge in [0.05, 0.1) is 4.92 Å². The Bertz CT molecular complexity index is 686. The molecular formula is C14H9Br2NO3. The van der Waals surface area contributed by atoms with E-state index in [0.717, 1.165) is 4.47 Å². The number of halogens is 2. The summed E-state index contributed by atoms with van der Waals surface area (Å²) in [5, 5.41) is 10.9. The van der Waals surface area contributed by atoms with E-state index in [9.17, 15) is 14.9 Å². The molecule has 0 spiro atoms. The van der Waals surface area contributed by atoms with Gasteiger partial charge in [-0.2, -0.15) is 0 Å². The normalized spacial score (nSPS) is 10.3. The van der Waals surface area contributed by atoms with Crippen molar-refractivity contribution in [1.29, 1.82) is 0 Å². The highest BCUT2D eigenvalue weighted by atomic mass is 79.9. The maximum atomic E-state index is 12.3. The van der Waals surface area contributed by atoms with Crippen LogP contribution in [0.2, 0.25) is 0 Å². The summed E-state index contributed by atoms with van der Waals surface area (Å²) in [5.74, 6) is -0.168. The minimum Gasteiger partial charge on any atom is -0.294 e. The molecule has 0 N–H and O–H groups in total. The fraction of sp³-hybridized carbons (Fsp3) is 0.0714. The van der Waals surface area contributed by atoms with Crippen LogP contribution in [0, 0.1) is 10.1 Å². The summed E-state index contributed by atoms with van der Waals surface area (Å²) in [6.07, 6.45) is -0.00259. The van der Waals surface area contributed by atoms with E-state index in [2.05, 4.69) is 31.9 Å². The summed E-state index contributed by atoms with van der Waals surface area (Å²) in [6, 6.07) is 11.5. The number of hydrogen-bond acceptors (Lipinski definition) is 3. The van der Waals surface area contributed by atoms with Crippen molar-refractivity contribution in [2.45, 2.75) is 6.42 Å². The number of nitro groups is 1. The van der Waals surface area contributed by atoms with Gasteiger partial charge in [-0.1, -0.05) is 50.1 Å². The van der Waals surface area contributed by atoms with Crippen LogP contribution in [-0.2, 0) is 6.42 Å². The number of benzene rings is 2. The second-order valence-electron chi connectivity index (χ2n) is 4.11. The third-order valence-electron chi connectivity index (χ3n) is 2.77. The summed E-state index contributed by atoms with van der Waals surface area (Å²) in [6.45, 7) is 0. The molecule has 0 aliphatic rings. The van der Waals surface area contributed by atoms with Crippen LogP contribution in [0.3, 0.4) is 0 Å². The molecule has 20 heavy (non-hydrogen) atoms. The molecule has 102 valence electrons. The Morgan fingerprint density at radius 1 is 1.15 bits per heavy atom. The van der Waals surface area contributed by atoms with Crippen LogP contribution in [0.15, 0.2) is 51.4 Å². The zero-order chi connectivity index (χ0) is 14.7. The lowest BCUT2D eigenvalue weighted by atomic mass is 10.0. The van der Waals surface area contributed by atoms with Crippen LogP contribution in [0.4, 0.5) is 5.69 Å². The van der Waals surface area contributed by atoms with E-state index in [1.807, 2.05) is 0 Å². The topological polar surface area (TPSA) is 60.2 Å². The quantitative estimate of drug-likeness (QED) is 0.431. The number of ketones is 1. The molecule has 0 aliphatic heterocycles. The van der Waals surface area contributed by atoms with E-state index in [-0.39, 0.29) is 17.9 Å². The number of rotatable bonds is 4. The van der Waals surface area contributed by atoms with Gasteiger partial charge in [0.25, 0.3) is 5.69 Å². The zero-order valence-corrected chi connectivity index (χ0v) is 13.3. The van der Waals surface area contributed by atoms with Crippen molar-refractivity contribution in [1.82, 2.24) is 0 Å². The molecule has 0 aromatic heterocycles. The molecule has 0 atom stereocenters. The Balaban J connectivity index is 2.30. The number of Topliss-reactive ketones (excluding diaryl/α,β-unsaturated/α-hetero) is 1. The maximum absolute atomic E-state index is 12.3. The van der Waals surface area contributed by atoms with Crippen molar-refractivity contribution in [3.05, 3.63) is 72.7 Å². The van der Waals surface area contributed by atoms with Gasteiger partial charge in [0.1, 0.15) is 0 Å². The summed E-state index contributed by atoms with van der Waals surface area (Å²) < 4.78 is 1.52. The number of para-hydroxylation sites is 1. The smallest absolute Gasteiger partial charge is 0.273 e. The molecule has 6 heteroatoms. The highest BCUT2D eigenvalue weighted by Crippen LogP contribution is 2.25. The molecule has 0 fully saturated rings. The van der Waals surface area contributed by atoms with Crippen LogP contribution >= 0.6 is 31.9 Å². The van der Waals surface area contributed by atoms with Crippen LogP contribution < -0.4 is 0 Å². The van der Waals surface area contributed by atoms with Crippen molar-refractivity contribution in [2.24, 2.45) is 0 Å². The first kappa shape index (κ1) is 14.9. The Morgan fingerprint density at radius 3 is 2.50 bits per heavy atom. The first-order chi connectivity index (χ1) is 9.49. The Hall–Kier alpha value is -1.53. The third-order valence-corrected chi connectivity index (χ3v) is 3.92. The summed E-state index contributed by atoms with van der Waals surface area (Å²) in [5.41, 5.74) is 0.887. The molecule has 0 saturated heterocycles. The molecule has 2 aromatic rings. The predicted octanol–water partition coefficient (Wildman–Crippen LogP) is 4.55. The van der Waals surface area contributed by atoms with Gasteiger partial charge >= 0.3 is 0 Å². The summed E-state index contributed by atoms with van der Waals surface area (Å²) in [4.78, 5) is 22.7. The second-order valence-corrected chi connectivity index (χ2v) is 5.88. The number of nitrogens with zero attached hydrogens (tertiary/aromatic N) is 1. The van der Waals surface area contributed by atoms with Gasteiger partial charge in [-0.25, -0.2) is 0 Å². The predicted molar refractivity (Wildman–Crippen MR) is 83.0 cm³/mol. The number of carbonyl (C=O) groups excluding carboxylic acids is 1. The average Bonchev–Trinajstić information content (AvgIpc) is 2.38. The molecule has 0 unspecified atom stereocenters. The lowest BCUT2D eigenvalue weighted by molar-refractivity contribution is -0.385. The highest BCUT2D eigenvalue weighted by molar-refractivity contribution is 9.11. The van der Waals surface area contributed by atoms with Gasteiger partial charge in [0.15, 0.2) is 5.78 Å². The fourth-order valence-electron chi connectivity index (χ4n) is 1.82. The summed E-state index contributed by atoms with van der Waals surface area (Å²) in [7, 11) is 0. The Labute approximate surface area is 132 Å². The zero-order valence-electron chi connectivity index (χ0n) is 10.2. The molecule has 0 aliphatic carbocycles. The SMILES string of the molecule is O=C(Cc1ccccc1[N+](=O)[O-])c1ccc(Br)cc1Br. The van der Waals surface area contributed by atoms with Crippen molar-refractivity contribution in [3.8, 4) is 0 Å². The van der Waals surface area contributed by atoms with Gasteiger partial charge in [-0.15, -0.1) is 0 Å². The minimum absolute atomic E-state index is 0.00259. The molecule has 2 rings (SSSR count). The fourth-order valence-corrected chi connectivity index (χ4v) is 3.09. The number of nitro benzene ring substituents is 1. The van der Waals surface area contributed by atoms with Crippen molar-refractivity contribution in [2.75, 3.05) is 0 Å². The van der Waals surface area contributed by atoms with E-state index < -0.39 is 4.92 Å². The van der Waals surface area contributed by atoms with Crippen molar-refractivity contribution >= 4 is 43.3 Å². The molecule has 0 heterocycles. The third kappa shape index (κ3) is 3.32. The van der Waals surface area contributed by atoms with Crippen LogP contribution in [0.1, 0.15) is 15.9 Å². The van der Waals surface area contributed by atoms with Gasteiger partial charge in [-0.3, -0.25) is 14.9 Å². The lowest BCUT2D eigenvalue weighted by Gasteiger charge is -2.05. The van der Waals surface area contributed by atoms with E-state index in [0.29, 0.717) is 15.6 Å². The number of carbonyl (C=O) groups is 1. The van der Waals surface area contributed by atoms with Gasteiger partial charge in [0.2, 0.25) is 0 Å². The van der Waals surface area contributed by atoms with Gasteiger partial charge < -0.3 is 0 Å². The largest absolute Gasteiger partial charge is 0.294 e. The molecule has 4 nitrogen and oxygen atoms in total. The molecule has 2 aromatic carbocycles. The van der Waals surface area contributed by atoms with E-state index in [4.69, 9.17) is 0 Å². The van der Waals surface area contributed by atoms with Gasteiger partial charge in [-0.05, 0) is 18.2 Å². The molecule has 0 radical (unpaired) electrons. The van der Waals surface area contributed by atoms with Crippen molar-refractivity contribution < 1.29 is 9.72 Å². The van der Waals surface area contributed by atoms with Crippen LogP contribution in [0.5, 0.6) is 0 Å². The molecular weight excluding hydrogens is 390 g/mol. The van der Waals surface area contributed by atoms with Crippen LogP contribution in [0.25, 0.3) is 0 Å². The second kappa shape index (κ2) is 6.28. The molecule has 0 bridgehead atoms. The van der Waals surface area contributed by atoms with E-state index in [1.165, 1.54) is 6.07 Å². The standard InChI is InChI=1S/C14H9Br2NO3/c15-10-5-6-11(12(16)8-10)14(18)7-9-3-1-2-4-13(9)17(19)20/h1-6,8H,7H2. The molecule has 0 saturated carbocycles. The van der Waals surface area contributed by atoms with E-state index in [1.54, 1.807) is 36.4 Å². The first-order valence-corrected chi connectivity index (χ1v) is 7.28. The Kier molecular flexibility index (Phi) is 4.67. The Morgan fingerprint density at radius 2 is 1.85 bits per heavy atom. The summed E-state index contributed by atoms with van der Waals surface area (Å²) >= 11 is 6.64. The van der Waals surface area contributed by atoms with Crippen molar-refractivity contribution in [3.63, 3.8) is 0 Å².